The van der Waals surface area contributed by atoms with Crippen LogP contribution in [0.2, 0.25) is 0 Å². The zero-order valence-corrected chi connectivity index (χ0v) is 11.3. The van der Waals surface area contributed by atoms with Crippen molar-refractivity contribution in [2.45, 2.75) is 32.7 Å². The third kappa shape index (κ3) is 5.82. The summed E-state index contributed by atoms with van der Waals surface area (Å²) in [5.41, 5.74) is 0. The fourth-order valence-electron chi connectivity index (χ4n) is 2.45. The summed E-state index contributed by atoms with van der Waals surface area (Å²) in [6.07, 6.45) is 2.28. The normalized spacial score (nSPS) is 26.3. The summed E-state index contributed by atoms with van der Waals surface area (Å²) in [5.74, 6) is 0.738. The van der Waals surface area contributed by atoms with Gasteiger partial charge in [0.05, 0.1) is 13.2 Å². The Balaban J connectivity index is 2.03. The van der Waals surface area contributed by atoms with E-state index in [0.717, 1.165) is 25.5 Å². The van der Waals surface area contributed by atoms with Gasteiger partial charge in [0.25, 0.3) is 0 Å². The van der Waals surface area contributed by atoms with Gasteiger partial charge in [0.1, 0.15) is 0 Å². The Labute approximate surface area is 105 Å². The van der Waals surface area contributed by atoms with Crippen molar-refractivity contribution in [1.29, 1.82) is 0 Å². The molecule has 0 amide bonds. The molecular weight excluding hydrogens is 216 g/mol. The van der Waals surface area contributed by atoms with Gasteiger partial charge >= 0.3 is 0 Å². The van der Waals surface area contributed by atoms with Gasteiger partial charge in [-0.15, -0.1) is 0 Å². The molecule has 0 aromatic heterocycles. The largest absolute Gasteiger partial charge is 0.394 e. The van der Waals surface area contributed by atoms with Gasteiger partial charge in [0.15, 0.2) is 0 Å². The van der Waals surface area contributed by atoms with Gasteiger partial charge in [-0.3, -0.25) is 0 Å². The smallest absolute Gasteiger partial charge is 0.0697 e. The lowest BCUT2D eigenvalue weighted by atomic mass is 9.94. The van der Waals surface area contributed by atoms with Gasteiger partial charge in [0.2, 0.25) is 0 Å². The molecule has 1 saturated heterocycles. The lowest BCUT2D eigenvalue weighted by Crippen LogP contribution is -2.48. The van der Waals surface area contributed by atoms with E-state index in [1.807, 2.05) is 0 Å². The molecule has 0 bridgehead atoms. The van der Waals surface area contributed by atoms with Gasteiger partial charge in [-0.05, 0) is 38.4 Å². The van der Waals surface area contributed by atoms with E-state index in [1.54, 1.807) is 0 Å². The molecule has 2 N–H and O–H groups in total. The van der Waals surface area contributed by atoms with E-state index in [-0.39, 0.29) is 6.61 Å². The van der Waals surface area contributed by atoms with Crippen molar-refractivity contribution in [2.24, 2.45) is 5.92 Å². The number of hydrogen-bond donors (Lipinski definition) is 2. The van der Waals surface area contributed by atoms with Crippen molar-refractivity contribution in [3.8, 4) is 0 Å². The fraction of sp³-hybridized carbons (Fsp3) is 1.00. The number of likely N-dealkylation sites (tertiary alicyclic amines) is 1. The molecule has 4 nitrogen and oxygen atoms in total. The molecule has 0 aliphatic carbocycles. The van der Waals surface area contributed by atoms with Crippen LogP contribution >= 0.6 is 0 Å². The number of rotatable bonds is 8. The van der Waals surface area contributed by atoms with E-state index in [2.05, 4.69) is 24.1 Å². The lowest BCUT2D eigenvalue weighted by molar-refractivity contribution is 0.0886. The molecule has 0 saturated carbocycles. The predicted octanol–water partition coefficient (Wildman–Crippen LogP) is 0.705. The molecule has 1 aliphatic rings. The Hall–Kier alpha value is -0.160. The summed E-state index contributed by atoms with van der Waals surface area (Å²) in [6.45, 7) is 10.5. The number of hydrogen-bond acceptors (Lipinski definition) is 4. The van der Waals surface area contributed by atoms with Crippen LogP contribution in [0.4, 0.5) is 0 Å². The highest BCUT2D eigenvalue weighted by Gasteiger charge is 2.24. The van der Waals surface area contributed by atoms with Gasteiger partial charge in [-0.1, -0.05) is 13.8 Å². The molecule has 2 atom stereocenters. The van der Waals surface area contributed by atoms with E-state index in [4.69, 9.17) is 9.84 Å². The third-order valence-corrected chi connectivity index (χ3v) is 3.54. The van der Waals surface area contributed by atoms with Crippen molar-refractivity contribution in [1.82, 2.24) is 10.2 Å². The molecule has 0 spiro atoms. The van der Waals surface area contributed by atoms with E-state index >= 15 is 0 Å². The lowest BCUT2D eigenvalue weighted by Gasteiger charge is -2.36. The van der Waals surface area contributed by atoms with Gasteiger partial charge in [-0.2, -0.15) is 0 Å². The second kappa shape index (κ2) is 8.86. The Morgan fingerprint density at radius 1 is 1.41 bits per heavy atom. The van der Waals surface area contributed by atoms with Gasteiger partial charge < -0.3 is 20.1 Å². The Kier molecular flexibility index (Phi) is 7.77. The summed E-state index contributed by atoms with van der Waals surface area (Å²) in [6, 6.07) is 0.663. The van der Waals surface area contributed by atoms with Gasteiger partial charge in [0, 0.05) is 19.2 Å². The minimum absolute atomic E-state index is 0.125. The van der Waals surface area contributed by atoms with Crippen LogP contribution in [0.15, 0.2) is 0 Å². The molecule has 2 unspecified atom stereocenters. The minimum Gasteiger partial charge on any atom is -0.394 e. The van der Waals surface area contributed by atoms with Crippen molar-refractivity contribution in [3.63, 3.8) is 0 Å². The molecule has 1 fully saturated rings. The topological polar surface area (TPSA) is 44.7 Å². The maximum Gasteiger partial charge on any atom is 0.0697 e. The summed E-state index contributed by atoms with van der Waals surface area (Å²) >= 11 is 0. The highest BCUT2D eigenvalue weighted by molar-refractivity contribution is 4.82. The van der Waals surface area contributed by atoms with Crippen LogP contribution in [0.3, 0.4) is 0 Å². The van der Waals surface area contributed by atoms with Crippen LogP contribution in [-0.4, -0.2) is 62.0 Å². The van der Waals surface area contributed by atoms with Crippen LogP contribution in [0, 0.1) is 5.92 Å². The Morgan fingerprint density at radius 3 is 2.88 bits per heavy atom. The second-order valence-electron chi connectivity index (χ2n) is 4.91. The Morgan fingerprint density at radius 2 is 2.24 bits per heavy atom. The summed E-state index contributed by atoms with van der Waals surface area (Å²) < 4.78 is 5.24. The first kappa shape index (κ1) is 14.9. The highest BCUT2D eigenvalue weighted by atomic mass is 16.5. The van der Waals surface area contributed by atoms with Crippen molar-refractivity contribution in [2.75, 3.05) is 46.0 Å². The van der Waals surface area contributed by atoms with E-state index in [0.29, 0.717) is 12.6 Å². The third-order valence-electron chi connectivity index (χ3n) is 3.54. The second-order valence-corrected chi connectivity index (χ2v) is 4.91. The average molecular weight is 244 g/mol. The van der Waals surface area contributed by atoms with E-state index in [9.17, 15) is 0 Å². The number of piperidine rings is 1. The van der Waals surface area contributed by atoms with E-state index < -0.39 is 0 Å². The SMILES string of the molecule is CCN1CCC(NCCCOCCO)C(C)C1. The average Bonchev–Trinajstić information content (AvgIpc) is 2.35. The zero-order valence-electron chi connectivity index (χ0n) is 11.3. The number of nitrogens with zero attached hydrogens (tertiary/aromatic N) is 1. The van der Waals surface area contributed by atoms with Crippen molar-refractivity contribution >= 4 is 0 Å². The first-order valence-electron chi connectivity index (χ1n) is 6.92. The predicted molar refractivity (Wildman–Crippen MR) is 70.2 cm³/mol. The first-order valence-corrected chi connectivity index (χ1v) is 6.92. The fourth-order valence-corrected chi connectivity index (χ4v) is 2.45. The summed E-state index contributed by atoms with van der Waals surface area (Å²) in [5, 5.41) is 12.2. The maximum atomic E-state index is 8.56. The van der Waals surface area contributed by atoms with Crippen LogP contribution in [0.25, 0.3) is 0 Å². The molecular formula is C13H28N2O2. The Bertz CT molecular complexity index is 190. The van der Waals surface area contributed by atoms with E-state index in [1.165, 1.54) is 26.1 Å². The molecule has 1 heterocycles. The van der Waals surface area contributed by atoms with Crippen LogP contribution in [-0.2, 0) is 4.74 Å². The van der Waals surface area contributed by atoms with Crippen LogP contribution in [0.1, 0.15) is 26.7 Å². The molecule has 4 heteroatoms. The molecule has 0 aromatic rings. The molecule has 0 aromatic carbocycles. The quantitative estimate of drug-likeness (QED) is 0.617. The molecule has 1 rings (SSSR count). The molecule has 1 aliphatic heterocycles. The number of ether oxygens (including phenoxy) is 1. The monoisotopic (exact) mass is 244 g/mol. The highest BCUT2D eigenvalue weighted by Crippen LogP contribution is 2.16. The maximum absolute atomic E-state index is 8.56. The van der Waals surface area contributed by atoms with Crippen molar-refractivity contribution in [3.05, 3.63) is 0 Å². The summed E-state index contributed by atoms with van der Waals surface area (Å²) in [4.78, 5) is 2.52. The zero-order chi connectivity index (χ0) is 12.5. The number of nitrogens with one attached hydrogen (secondary N) is 1. The molecule has 102 valence electrons. The first-order chi connectivity index (χ1) is 8.27. The summed E-state index contributed by atoms with van der Waals surface area (Å²) in [7, 11) is 0. The standard InChI is InChI=1S/C13H28N2O2/c1-3-15-7-5-13(12(2)11-15)14-6-4-9-17-10-8-16/h12-14,16H,3-11H2,1-2H3. The van der Waals surface area contributed by atoms with Gasteiger partial charge in [-0.25, -0.2) is 0 Å². The number of aliphatic hydroxyl groups is 1. The molecule has 0 radical (unpaired) electrons. The van der Waals surface area contributed by atoms with Crippen molar-refractivity contribution < 1.29 is 9.84 Å². The molecule has 17 heavy (non-hydrogen) atoms. The number of aliphatic hydroxyl groups excluding tert-OH is 1. The minimum atomic E-state index is 0.125. The van der Waals surface area contributed by atoms with Crippen LogP contribution in [0.5, 0.6) is 0 Å². The van der Waals surface area contributed by atoms with Crippen LogP contribution < -0.4 is 5.32 Å².